The van der Waals surface area contributed by atoms with Crippen molar-refractivity contribution in [2.45, 2.75) is 20.8 Å². The van der Waals surface area contributed by atoms with Gasteiger partial charge in [-0.3, -0.25) is 4.98 Å². The van der Waals surface area contributed by atoms with E-state index in [2.05, 4.69) is 15.6 Å². The average Bonchev–Trinajstić information content (AvgIpc) is 2.11. The van der Waals surface area contributed by atoms with Crippen molar-refractivity contribution in [3.05, 3.63) is 22.5 Å². The molecule has 0 fully saturated rings. The first-order valence-electron chi connectivity index (χ1n) is 4.73. The van der Waals surface area contributed by atoms with Gasteiger partial charge in [0, 0.05) is 12.2 Å². The number of nitrogens with one attached hydrogen (secondary N) is 2. The number of carbonyl (C=O) groups excluding carboxylic acids is 1. The number of rotatable bonds is 2. The molecule has 1 aromatic rings. The lowest BCUT2D eigenvalue weighted by Gasteiger charge is -2.10. The smallest absolute Gasteiger partial charge is 0.319 e. The molecule has 0 unspecified atom stereocenters. The van der Waals surface area contributed by atoms with E-state index >= 15 is 0 Å². The summed E-state index contributed by atoms with van der Waals surface area (Å²) >= 11 is 6.00. The van der Waals surface area contributed by atoms with Crippen LogP contribution in [0.2, 0.25) is 5.02 Å². The molecular weight excluding hydrogens is 214 g/mol. The standard InChI is InChI=1S/C10H14ClN3O/c1-4-12-10(15)14-9-7(3)13-6(2)5-8(9)11/h5H,4H2,1-3H3,(H2,12,14,15). The molecule has 2 N–H and O–H groups in total. The zero-order valence-electron chi connectivity index (χ0n) is 9.02. The van der Waals surface area contributed by atoms with Crippen molar-refractivity contribution in [1.29, 1.82) is 0 Å². The van der Waals surface area contributed by atoms with Crippen LogP contribution in [-0.2, 0) is 0 Å². The molecule has 0 radical (unpaired) electrons. The van der Waals surface area contributed by atoms with E-state index in [1.165, 1.54) is 0 Å². The van der Waals surface area contributed by atoms with Gasteiger partial charge in [0.05, 0.1) is 16.4 Å². The Kier molecular flexibility index (Phi) is 3.91. The third-order valence-corrected chi connectivity index (χ3v) is 2.15. The van der Waals surface area contributed by atoms with Crippen LogP contribution in [0.1, 0.15) is 18.3 Å². The number of carbonyl (C=O) groups is 1. The molecule has 5 heteroatoms. The molecule has 1 heterocycles. The van der Waals surface area contributed by atoms with E-state index in [9.17, 15) is 4.79 Å². The van der Waals surface area contributed by atoms with Crippen LogP contribution >= 0.6 is 11.6 Å². The van der Waals surface area contributed by atoms with Crippen LogP contribution in [0, 0.1) is 13.8 Å². The monoisotopic (exact) mass is 227 g/mol. The third kappa shape index (κ3) is 3.09. The predicted molar refractivity (Wildman–Crippen MR) is 61.4 cm³/mol. The minimum atomic E-state index is -0.270. The van der Waals surface area contributed by atoms with Crippen molar-refractivity contribution >= 4 is 23.3 Å². The van der Waals surface area contributed by atoms with Crippen LogP contribution < -0.4 is 10.6 Å². The molecule has 0 aliphatic rings. The molecule has 0 aliphatic carbocycles. The topological polar surface area (TPSA) is 54.0 Å². The van der Waals surface area contributed by atoms with E-state index in [-0.39, 0.29) is 6.03 Å². The van der Waals surface area contributed by atoms with Crippen LogP contribution in [0.3, 0.4) is 0 Å². The molecule has 1 rings (SSSR count). The van der Waals surface area contributed by atoms with Gasteiger partial charge in [-0.25, -0.2) is 4.79 Å². The van der Waals surface area contributed by atoms with Crippen LogP contribution in [0.15, 0.2) is 6.07 Å². The van der Waals surface area contributed by atoms with Gasteiger partial charge in [-0.15, -0.1) is 0 Å². The Morgan fingerprint density at radius 1 is 1.53 bits per heavy atom. The van der Waals surface area contributed by atoms with Crippen molar-refractivity contribution in [3.8, 4) is 0 Å². The SMILES string of the molecule is CCNC(=O)Nc1c(Cl)cc(C)nc1C. The maximum Gasteiger partial charge on any atom is 0.319 e. The number of pyridine rings is 1. The Morgan fingerprint density at radius 3 is 2.73 bits per heavy atom. The van der Waals surface area contributed by atoms with Crippen molar-refractivity contribution < 1.29 is 4.79 Å². The lowest BCUT2D eigenvalue weighted by Crippen LogP contribution is -2.28. The summed E-state index contributed by atoms with van der Waals surface area (Å²) in [5, 5.41) is 5.79. The molecule has 0 spiro atoms. The molecule has 4 nitrogen and oxygen atoms in total. The molecule has 0 atom stereocenters. The fourth-order valence-corrected chi connectivity index (χ4v) is 1.59. The van der Waals surface area contributed by atoms with Gasteiger partial charge in [0.25, 0.3) is 0 Å². The summed E-state index contributed by atoms with van der Waals surface area (Å²) in [7, 11) is 0. The van der Waals surface area contributed by atoms with Gasteiger partial charge in [0.2, 0.25) is 0 Å². The lowest BCUT2D eigenvalue weighted by atomic mass is 10.3. The first kappa shape index (κ1) is 11.8. The number of urea groups is 1. The van der Waals surface area contributed by atoms with E-state index in [4.69, 9.17) is 11.6 Å². The van der Waals surface area contributed by atoms with E-state index in [1.54, 1.807) is 13.0 Å². The normalized spacial score (nSPS) is 9.87. The summed E-state index contributed by atoms with van der Waals surface area (Å²) in [6.07, 6.45) is 0. The summed E-state index contributed by atoms with van der Waals surface area (Å²) in [6, 6.07) is 1.45. The van der Waals surface area contributed by atoms with Gasteiger partial charge in [0.15, 0.2) is 0 Å². The van der Waals surface area contributed by atoms with Gasteiger partial charge in [-0.1, -0.05) is 11.6 Å². The number of nitrogens with zero attached hydrogens (tertiary/aromatic N) is 1. The second kappa shape index (κ2) is 4.98. The van der Waals surface area contributed by atoms with Crippen molar-refractivity contribution in [1.82, 2.24) is 10.3 Å². The minimum Gasteiger partial charge on any atom is -0.338 e. The summed E-state index contributed by atoms with van der Waals surface area (Å²) < 4.78 is 0. The second-order valence-corrected chi connectivity index (χ2v) is 3.60. The van der Waals surface area contributed by atoms with Gasteiger partial charge in [-0.2, -0.15) is 0 Å². The molecule has 0 aromatic carbocycles. The number of aryl methyl sites for hydroxylation is 2. The third-order valence-electron chi connectivity index (χ3n) is 1.86. The Morgan fingerprint density at radius 2 is 2.20 bits per heavy atom. The van der Waals surface area contributed by atoms with Gasteiger partial charge in [-0.05, 0) is 26.8 Å². The Hall–Kier alpha value is -1.29. The van der Waals surface area contributed by atoms with Crippen molar-refractivity contribution in [2.24, 2.45) is 0 Å². The first-order chi connectivity index (χ1) is 7.04. The maximum absolute atomic E-state index is 11.3. The molecule has 2 amide bonds. The number of amides is 2. The zero-order valence-corrected chi connectivity index (χ0v) is 9.77. The molecule has 0 bridgehead atoms. The van der Waals surface area contributed by atoms with Crippen molar-refractivity contribution in [2.75, 3.05) is 11.9 Å². The lowest BCUT2D eigenvalue weighted by molar-refractivity contribution is 0.252. The highest BCUT2D eigenvalue weighted by Crippen LogP contribution is 2.24. The average molecular weight is 228 g/mol. The first-order valence-corrected chi connectivity index (χ1v) is 5.11. The predicted octanol–water partition coefficient (Wildman–Crippen LogP) is 2.49. The molecule has 0 saturated heterocycles. The molecule has 0 aliphatic heterocycles. The molecular formula is C10H14ClN3O. The molecule has 1 aromatic heterocycles. The highest BCUT2D eigenvalue weighted by Gasteiger charge is 2.09. The highest BCUT2D eigenvalue weighted by atomic mass is 35.5. The van der Waals surface area contributed by atoms with Gasteiger partial charge in [0.1, 0.15) is 0 Å². The largest absolute Gasteiger partial charge is 0.338 e. The number of anilines is 1. The van der Waals surface area contributed by atoms with Crippen LogP contribution in [0.5, 0.6) is 0 Å². The number of halogens is 1. The summed E-state index contributed by atoms with van der Waals surface area (Å²) in [4.78, 5) is 15.5. The van der Waals surface area contributed by atoms with Crippen LogP contribution in [-0.4, -0.2) is 17.6 Å². The van der Waals surface area contributed by atoms with E-state index < -0.39 is 0 Å². The van der Waals surface area contributed by atoms with Crippen LogP contribution in [0.4, 0.5) is 10.5 Å². The molecule has 15 heavy (non-hydrogen) atoms. The van der Waals surface area contributed by atoms with E-state index in [0.29, 0.717) is 22.9 Å². The fraction of sp³-hybridized carbons (Fsp3) is 0.400. The number of hydrogen-bond acceptors (Lipinski definition) is 2. The summed E-state index contributed by atoms with van der Waals surface area (Å²) in [5.74, 6) is 0. The second-order valence-electron chi connectivity index (χ2n) is 3.19. The highest BCUT2D eigenvalue weighted by molar-refractivity contribution is 6.33. The fourth-order valence-electron chi connectivity index (χ4n) is 1.25. The van der Waals surface area contributed by atoms with E-state index in [0.717, 1.165) is 5.69 Å². The van der Waals surface area contributed by atoms with Gasteiger partial charge < -0.3 is 10.6 Å². The number of hydrogen-bond donors (Lipinski definition) is 2. The summed E-state index contributed by atoms with van der Waals surface area (Å²) in [6.45, 7) is 6.08. The maximum atomic E-state index is 11.3. The Labute approximate surface area is 94.0 Å². The zero-order chi connectivity index (χ0) is 11.4. The summed E-state index contributed by atoms with van der Waals surface area (Å²) in [5.41, 5.74) is 2.11. The van der Waals surface area contributed by atoms with Crippen molar-refractivity contribution in [3.63, 3.8) is 0 Å². The van der Waals surface area contributed by atoms with Crippen LogP contribution in [0.25, 0.3) is 0 Å². The van der Waals surface area contributed by atoms with E-state index in [1.807, 2.05) is 13.8 Å². The number of aromatic nitrogens is 1. The van der Waals surface area contributed by atoms with Gasteiger partial charge >= 0.3 is 6.03 Å². The molecule has 82 valence electrons. The molecule has 0 saturated carbocycles. The Balaban J connectivity index is 2.90. The minimum absolute atomic E-state index is 0.270. The Bertz CT molecular complexity index is 356. The quantitative estimate of drug-likeness (QED) is 0.816.